The molecule has 2 heterocycles. The van der Waals surface area contributed by atoms with E-state index in [4.69, 9.17) is 10.5 Å². The quantitative estimate of drug-likeness (QED) is 0.784. The minimum absolute atomic E-state index is 0.156. The molecule has 0 saturated heterocycles. The number of hydrogen-bond donors (Lipinski definition) is 1. The average molecular weight is 291 g/mol. The number of hydrogen-bond acceptors (Lipinski definition) is 4. The van der Waals surface area contributed by atoms with Gasteiger partial charge in [-0.2, -0.15) is 0 Å². The van der Waals surface area contributed by atoms with Gasteiger partial charge in [-0.15, -0.1) is 0 Å². The molecule has 2 aromatic heterocycles. The van der Waals surface area contributed by atoms with Crippen molar-refractivity contribution >= 4 is 0 Å². The maximum Gasteiger partial charge on any atom is 0.137 e. The largest absolute Gasteiger partial charge is 0.490 e. The first kappa shape index (κ1) is 14.2. The lowest BCUT2D eigenvalue weighted by Crippen LogP contribution is -2.18. The zero-order chi connectivity index (χ0) is 15.2. The molecule has 4 nitrogen and oxygen atoms in total. The molecule has 3 rings (SSSR count). The Hall–Kier alpha value is -2.72. The molecule has 2 N–H and O–H groups in total. The van der Waals surface area contributed by atoms with Gasteiger partial charge in [0, 0.05) is 6.20 Å². The Bertz CT molecular complexity index is 699. The Balaban J connectivity index is 1.62. The summed E-state index contributed by atoms with van der Waals surface area (Å²) < 4.78 is 5.71. The van der Waals surface area contributed by atoms with Crippen LogP contribution < -0.4 is 10.5 Å². The first-order valence-electron chi connectivity index (χ1n) is 7.14. The number of nitrogens with two attached hydrogens (primary N) is 1. The third kappa shape index (κ3) is 3.48. The number of aromatic nitrogens is 2. The number of benzene rings is 1. The van der Waals surface area contributed by atoms with Gasteiger partial charge in [0.25, 0.3) is 0 Å². The van der Waals surface area contributed by atoms with Crippen LogP contribution in [0.5, 0.6) is 5.75 Å². The Morgan fingerprint density at radius 3 is 2.32 bits per heavy atom. The molecule has 0 fully saturated rings. The summed E-state index contributed by atoms with van der Waals surface area (Å²) >= 11 is 0. The molecule has 1 aromatic carbocycles. The fourth-order valence-corrected chi connectivity index (χ4v) is 2.11. The average Bonchev–Trinajstić information content (AvgIpc) is 2.61. The normalized spacial score (nSPS) is 11.9. The number of pyridine rings is 2. The van der Waals surface area contributed by atoms with E-state index in [2.05, 4.69) is 9.97 Å². The molecule has 0 saturated carbocycles. The fraction of sp³-hybridized carbons (Fsp3) is 0.111. The van der Waals surface area contributed by atoms with Gasteiger partial charge in [0.2, 0.25) is 0 Å². The molecule has 22 heavy (non-hydrogen) atoms. The zero-order valence-corrected chi connectivity index (χ0v) is 12.1. The topological polar surface area (TPSA) is 61.0 Å². The van der Waals surface area contributed by atoms with Crippen LogP contribution in [-0.4, -0.2) is 16.6 Å². The summed E-state index contributed by atoms with van der Waals surface area (Å²) in [5.41, 5.74) is 8.83. The SMILES string of the molecule is NC(COc1ccc(-c2ccccn2)nc1)c1ccccc1. The highest BCUT2D eigenvalue weighted by molar-refractivity contribution is 5.53. The molecule has 1 unspecified atom stereocenters. The van der Waals surface area contributed by atoms with Crippen molar-refractivity contribution in [1.29, 1.82) is 0 Å². The van der Waals surface area contributed by atoms with E-state index in [-0.39, 0.29) is 6.04 Å². The monoisotopic (exact) mass is 291 g/mol. The van der Waals surface area contributed by atoms with Gasteiger partial charge in [0.15, 0.2) is 0 Å². The van der Waals surface area contributed by atoms with Crippen molar-refractivity contribution in [2.75, 3.05) is 6.61 Å². The summed E-state index contributed by atoms with van der Waals surface area (Å²) in [5, 5.41) is 0. The predicted molar refractivity (Wildman–Crippen MR) is 86.3 cm³/mol. The van der Waals surface area contributed by atoms with Crippen LogP contribution in [0.1, 0.15) is 11.6 Å². The van der Waals surface area contributed by atoms with Crippen molar-refractivity contribution in [2.24, 2.45) is 5.73 Å². The Labute approximate surface area is 129 Å². The Morgan fingerprint density at radius 1 is 0.864 bits per heavy atom. The van der Waals surface area contributed by atoms with Gasteiger partial charge < -0.3 is 10.5 Å². The highest BCUT2D eigenvalue weighted by atomic mass is 16.5. The third-order valence-electron chi connectivity index (χ3n) is 3.32. The summed E-state index contributed by atoms with van der Waals surface area (Å²) in [7, 11) is 0. The Kier molecular flexibility index (Phi) is 4.41. The fourth-order valence-electron chi connectivity index (χ4n) is 2.11. The van der Waals surface area contributed by atoms with Crippen LogP contribution in [0.4, 0.5) is 0 Å². The van der Waals surface area contributed by atoms with Crippen LogP contribution in [0.2, 0.25) is 0 Å². The molecule has 0 bridgehead atoms. The van der Waals surface area contributed by atoms with E-state index in [0.717, 1.165) is 17.0 Å². The highest BCUT2D eigenvalue weighted by Crippen LogP contribution is 2.18. The van der Waals surface area contributed by atoms with Crippen molar-refractivity contribution in [2.45, 2.75) is 6.04 Å². The van der Waals surface area contributed by atoms with E-state index < -0.39 is 0 Å². The summed E-state index contributed by atoms with van der Waals surface area (Å²) in [6.07, 6.45) is 3.45. The lowest BCUT2D eigenvalue weighted by molar-refractivity contribution is 0.289. The summed E-state index contributed by atoms with van der Waals surface area (Å²) in [6, 6.07) is 19.3. The van der Waals surface area contributed by atoms with E-state index in [0.29, 0.717) is 12.4 Å². The maximum atomic E-state index is 6.11. The standard InChI is InChI=1S/C18H17N3O/c19-16(14-6-2-1-3-7-14)13-22-15-9-10-18(21-12-15)17-8-4-5-11-20-17/h1-12,16H,13,19H2. The molecule has 1 atom stereocenters. The predicted octanol–water partition coefficient (Wildman–Crippen LogP) is 3.22. The molecule has 0 radical (unpaired) electrons. The first-order valence-corrected chi connectivity index (χ1v) is 7.14. The first-order chi connectivity index (χ1) is 10.8. The van der Waals surface area contributed by atoms with Gasteiger partial charge in [-0.3, -0.25) is 9.97 Å². The lowest BCUT2D eigenvalue weighted by atomic mass is 10.1. The van der Waals surface area contributed by atoms with Gasteiger partial charge >= 0.3 is 0 Å². The van der Waals surface area contributed by atoms with Crippen LogP contribution in [0, 0.1) is 0 Å². The number of nitrogens with zero attached hydrogens (tertiary/aromatic N) is 2. The minimum Gasteiger partial charge on any atom is -0.490 e. The molecule has 4 heteroatoms. The van der Waals surface area contributed by atoms with Crippen molar-refractivity contribution in [1.82, 2.24) is 9.97 Å². The van der Waals surface area contributed by atoms with Crippen molar-refractivity contribution in [3.63, 3.8) is 0 Å². The summed E-state index contributed by atoms with van der Waals surface area (Å²) in [5.74, 6) is 0.700. The molecule has 3 aromatic rings. The second-order valence-electron chi connectivity index (χ2n) is 4.92. The molecular weight excluding hydrogens is 274 g/mol. The molecule has 0 aliphatic carbocycles. The van der Waals surface area contributed by atoms with Crippen molar-refractivity contribution in [3.8, 4) is 17.1 Å². The van der Waals surface area contributed by atoms with Crippen LogP contribution in [-0.2, 0) is 0 Å². The molecule has 110 valence electrons. The minimum atomic E-state index is -0.156. The second kappa shape index (κ2) is 6.83. The van der Waals surface area contributed by atoms with Crippen molar-refractivity contribution < 1.29 is 4.74 Å². The molecule has 0 spiro atoms. The van der Waals surface area contributed by atoms with E-state index in [1.54, 1.807) is 12.4 Å². The van der Waals surface area contributed by atoms with Gasteiger partial charge in [0.05, 0.1) is 23.6 Å². The van der Waals surface area contributed by atoms with Crippen LogP contribution >= 0.6 is 0 Å². The van der Waals surface area contributed by atoms with E-state index in [1.165, 1.54) is 0 Å². The maximum absolute atomic E-state index is 6.11. The molecular formula is C18H17N3O. The molecule has 0 aliphatic heterocycles. The van der Waals surface area contributed by atoms with Crippen LogP contribution in [0.3, 0.4) is 0 Å². The number of ether oxygens (including phenoxy) is 1. The van der Waals surface area contributed by atoms with Gasteiger partial charge in [-0.25, -0.2) is 0 Å². The van der Waals surface area contributed by atoms with E-state index in [9.17, 15) is 0 Å². The smallest absolute Gasteiger partial charge is 0.137 e. The summed E-state index contributed by atoms with van der Waals surface area (Å²) in [4.78, 5) is 8.64. The van der Waals surface area contributed by atoms with Crippen LogP contribution in [0.25, 0.3) is 11.4 Å². The van der Waals surface area contributed by atoms with Crippen molar-refractivity contribution in [3.05, 3.63) is 78.6 Å². The van der Waals surface area contributed by atoms with Crippen LogP contribution in [0.15, 0.2) is 73.1 Å². The Morgan fingerprint density at radius 2 is 1.64 bits per heavy atom. The third-order valence-corrected chi connectivity index (χ3v) is 3.32. The second-order valence-corrected chi connectivity index (χ2v) is 4.92. The van der Waals surface area contributed by atoms with Gasteiger partial charge in [-0.1, -0.05) is 36.4 Å². The van der Waals surface area contributed by atoms with E-state index in [1.807, 2.05) is 60.7 Å². The highest BCUT2D eigenvalue weighted by Gasteiger charge is 2.07. The molecule has 0 aliphatic rings. The lowest BCUT2D eigenvalue weighted by Gasteiger charge is -2.13. The summed E-state index contributed by atoms with van der Waals surface area (Å²) in [6.45, 7) is 0.411. The van der Waals surface area contributed by atoms with Gasteiger partial charge in [-0.05, 0) is 29.8 Å². The zero-order valence-electron chi connectivity index (χ0n) is 12.1. The molecule has 0 amide bonds. The number of rotatable bonds is 5. The van der Waals surface area contributed by atoms with Gasteiger partial charge in [0.1, 0.15) is 12.4 Å². The van der Waals surface area contributed by atoms with E-state index >= 15 is 0 Å².